The molecule has 0 atom stereocenters. The first-order valence-corrected chi connectivity index (χ1v) is 11.9. The van der Waals surface area contributed by atoms with E-state index >= 15 is 0 Å². The van der Waals surface area contributed by atoms with E-state index in [0.717, 1.165) is 33.3 Å². The smallest absolute Gasteiger partial charge is 0.173 e. The van der Waals surface area contributed by atoms with Gasteiger partial charge in [0, 0.05) is 16.2 Å². The lowest BCUT2D eigenvalue weighted by molar-refractivity contribution is 0.313. The van der Waals surface area contributed by atoms with Gasteiger partial charge in [-0.05, 0) is 41.5 Å². The zero-order valence-electron chi connectivity index (χ0n) is 17.4. The number of phenolic OH excluding ortho intramolecular Hbond substituents is 1. The Morgan fingerprint density at radius 2 is 1.35 bits per heavy atom. The lowest BCUT2D eigenvalue weighted by Gasteiger charge is -2.21. The minimum Gasteiger partial charge on any atom is -0.508 e. The van der Waals surface area contributed by atoms with Gasteiger partial charge in [-0.2, -0.15) is 0 Å². The second kappa shape index (κ2) is 11.3. The van der Waals surface area contributed by atoms with Crippen LogP contribution in [0.5, 0.6) is 28.7 Å². The minimum atomic E-state index is 0.191. The number of rotatable bonds is 10. The Bertz CT molecular complexity index is 988. The molecule has 0 radical (unpaired) electrons. The van der Waals surface area contributed by atoms with Crippen molar-refractivity contribution in [2.45, 2.75) is 0 Å². The molecule has 0 heterocycles. The summed E-state index contributed by atoms with van der Waals surface area (Å²) in [6, 6.07) is 16.7. The summed E-state index contributed by atoms with van der Waals surface area (Å²) in [5.41, 5.74) is 3.41. The maximum Gasteiger partial charge on any atom is 0.173 e. The highest BCUT2D eigenvalue weighted by Crippen LogP contribution is 2.50. The van der Waals surface area contributed by atoms with E-state index in [-0.39, 0.29) is 5.75 Å². The Labute approximate surface area is 199 Å². The van der Waals surface area contributed by atoms with Crippen LogP contribution in [0.2, 0.25) is 0 Å². The van der Waals surface area contributed by atoms with Gasteiger partial charge in [-0.15, -0.1) is 0 Å². The molecule has 0 aliphatic carbocycles. The largest absolute Gasteiger partial charge is 0.508 e. The summed E-state index contributed by atoms with van der Waals surface area (Å²) in [6.07, 6.45) is 0. The van der Waals surface area contributed by atoms with E-state index in [9.17, 15) is 5.11 Å². The van der Waals surface area contributed by atoms with Crippen LogP contribution in [0.4, 0.5) is 0 Å². The van der Waals surface area contributed by atoms with Crippen molar-refractivity contribution in [1.82, 2.24) is 0 Å². The number of hydrogen-bond donors (Lipinski definition) is 1. The summed E-state index contributed by atoms with van der Waals surface area (Å²) in [5, 5.41) is 11.1. The monoisotopic (exact) mass is 550 g/mol. The van der Waals surface area contributed by atoms with Gasteiger partial charge >= 0.3 is 0 Å². The summed E-state index contributed by atoms with van der Waals surface area (Å²) >= 11 is 6.79. The van der Waals surface area contributed by atoms with Crippen LogP contribution < -0.4 is 18.9 Å². The van der Waals surface area contributed by atoms with Crippen molar-refractivity contribution in [1.29, 1.82) is 0 Å². The average molecular weight is 552 g/mol. The molecule has 0 amide bonds. The van der Waals surface area contributed by atoms with Gasteiger partial charge in [0.05, 0.1) is 33.0 Å². The molecule has 0 aromatic heterocycles. The quantitative estimate of drug-likeness (QED) is 0.300. The average Bonchev–Trinajstić information content (AvgIpc) is 2.81. The van der Waals surface area contributed by atoms with Gasteiger partial charge in [0.25, 0.3) is 0 Å². The summed E-state index contributed by atoms with van der Waals surface area (Å²) in [6.45, 7) is 1.05. The van der Waals surface area contributed by atoms with E-state index in [1.165, 1.54) is 0 Å². The first kappa shape index (κ1) is 23.3. The molecule has 0 saturated carbocycles. The van der Waals surface area contributed by atoms with E-state index in [0.29, 0.717) is 35.8 Å². The minimum absolute atomic E-state index is 0.191. The Hall–Kier alpha value is -2.38. The highest BCUT2D eigenvalue weighted by Gasteiger charge is 2.23. The van der Waals surface area contributed by atoms with Crippen molar-refractivity contribution >= 4 is 31.9 Å². The first-order valence-electron chi connectivity index (χ1n) is 9.69. The molecule has 0 fully saturated rings. The molecule has 164 valence electrons. The van der Waals surface area contributed by atoms with Crippen molar-refractivity contribution < 1.29 is 24.1 Å². The van der Waals surface area contributed by atoms with Crippen molar-refractivity contribution in [2.75, 3.05) is 38.1 Å². The Morgan fingerprint density at radius 1 is 0.742 bits per heavy atom. The third-order valence-corrected chi connectivity index (χ3v) is 5.26. The van der Waals surface area contributed by atoms with Gasteiger partial charge < -0.3 is 24.1 Å². The van der Waals surface area contributed by atoms with E-state index in [4.69, 9.17) is 18.9 Å². The molecule has 7 heteroatoms. The number of benzene rings is 3. The fourth-order valence-electron chi connectivity index (χ4n) is 3.26. The van der Waals surface area contributed by atoms with Crippen LogP contribution >= 0.6 is 31.9 Å². The molecule has 0 unspecified atom stereocenters. The van der Waals surface area contributed by atoms with Gasteiger partial charge in [0.15, 0.2) is 11.5 Å². The van der Waals surface area contributed by atoms with Crippen molar-refractivity contribution in [2.24, 2.45) is 0 Å². The lowest BCUT2D eigenvalue weighted by atomic mass is 9.96. The summed E-state index contributed by atoms with van der Waals surface area (Å²) in [7, 11) is 3.25. The summed E-state index contributed by atoms with van der Waals surface area (Å²) < 4.78 is 23.4. The lowest BCUT2D eigenvalue weighted by Crippen LogP contribution is -2.04. The number of aromatic hydroxyl groups is 1. The van der Waals surface area contributed by atoms with Gasteiger partial charge in [-0.1, -0.05) is 56.1 Å². The summed E-state index contributed by atoms with van der Waals surface area (Å²) in [4.78, 5) is 0. The molecule has 3 aromatic rings. The number of phenols is 1. The normalized spacial score (nSPS) is 10.6. The van der Waals surface area contributed by atoms with Gasteiger partial charge in [0.2, 0.25) is 0 Å². The van der Waals surface area contributed by atoms with Crippen LogP contribution in [0, 0.1) is 0 Å². The fraction of sp³-hybridized carbons (Fsp3) is 0.250. The predicted molar refractivity (Wildman–Crippen MR) is 131 cm³/mol. The molecule has 0 spiro atoms. The number of alkyl halides is 2. The standard InChI is InChI=1S/C24H24Br2O5/c1-28-21-15-20(16-5-9-19(10-6-16)30-13-11-25)23(29-2)24(31-14-12-26)22(21)17-3-7-18(27)8-4-17/h3-10,15,27H,11-14H2,1-2H3. The molecular weight excluding hydrogens is 528 g/mol. The Kier molecular flexibility index (Phi) is 8.49. The van der Waals surface area contributed by atoms with Crippen molar-refractivity contribution in [3.05, 3.63) is 54.6 Å². The van der Waals surface area contributed by atoms with Crippen LogP contribution in [0.3, 0.4) is 0 Å². The third-order valence-electron chi connectivity index (χ3n) is 4.61. The SMILES string of the molecule is COc1cc(-c2ccc(OCCBr)cc2)c(OC)c(OCCBr)c1-c1ccc(O)cc1. The molecule has 3 rings (SSSR count). The maximum absolute atomic E-state index is 9.70. The van der Waals surface area contributed by atoms with Crippen molar-refractivity contribution in [3.63, 3.8) is 0 Å². The molecule has 0 aliphatic heterocycles. The van der Waals surface area contributed by atoms with Gasteiger partial charge in [-0.3, -0.25) is 0 Å². The molecule has 1 N–H and O–H groups in total. The predicted octanol–water partition coefficient (Wildman–Crippen LogP) is 6.29. The number of methoxy groups -OCH3 is 2. The zero-order chi connectivity index (χ0) is 22.2. The number of ether oxygens (including phenoxy) is 4. The second-order valence-electron chi connectivity index (χ2n) is 6.51. The number of hydrogen-bond acceptors (Lipinski definition) is 5. The van der Waals surface area contributed by atoms with Gasteiger partial charge in [-0.25, -0.2) is 0 Å². The molecular formula is C24H24Br2O5. The molecule has 0 saturated heterocycles. The van der Waals surface area contributed by atoms with E-state index < -0.39 is 0 Å². The van der Waals surface area contributed by atoms with Crippen LogP contribution in [0.1, 0.15) is 0 Å². The highest BCUT2D eigenvalue weighted by atomic mass is 79.9. The zero-order valence-corrected chi connectivity index (χ0v) is 20.5. The fourth-order valence-corrected chi connectivity index (χ4v) is 3.59. The van der Waals surface area contributed by atoms with E-state index in [2.05, 4.69) is 31.9 Å². The third kappa shape index (κ3) is 5.46. The summed E-state index contributed by atoms with van der Waals surface area (Å²) in [5.74, 6) is 2.83. The molecule has 31 heavy (non-hydrogen) atoms. The topological polar surface area (TPSA) is 57.2 Å². The van der Waals surface area contributed by atoms with Gasteiger partial charge in [0.1, 0.15) is 17.2 Å². The van der Waals surface area contributed by atoms with E-state index in [1.54, 1.807) is 26.4 Å². The molecule has 3 aromatic carbocycles. The molecule has 0 bridgehead atoms. The Balaban J connectivity index is 2.17. The van der Waals surface area contributed by atoms with Crippen LogP contribution in [-0.4, -0.2) is 43.2 Å². The maximum atomic E-state index is 9.70. The van der Waals surface area contributed by atoms with Crippen molar-refractivity contribution in [3.8, 4) is 51.0 Å². The first-order chi connectivity index (χ1) is 15.1. The molecule has 5 nitrogen and oxygen atoms in total. The van der Waals surface area contributed by atoms with Crippen LogP contribution in [-0.2, 0) is 0 Å². The molecule has 0 aliphatic rings. The van der Waals surface area contributed by atoms with Crippen LogP contribution in [0.15, 0.2) is 54.6 Å². The highest BCUT2D eigenvalue weighted by molar-refractivity contribution is 9.09. The second-order valence-corrected chi connectivity index (χ2v) is 8.10. The van der Waals surface area contributed by atoms with E-state index in [1.807, 2.05) is 42.5 Å². The van der Waals surface area contributed by atoms with Crippen LogP contribution in [0.25, 0.3) is 22.3 Å². The number of halogens is 2. The Morgan fingerprint density at radius 3 is 1.94 bits per heavy atom.